The van der Waals surface area contributed by atoms with Crippen LogP contribution in [0.4, 0.5) is 0 Å². The molecule has 0 radical (unpaired) electrons. The number of amides is 1. The molecule has 3 unspecified atom stereocenters. The van der Waals surface area contributed by atoms with Crippen molar-refractivity contribution < 1.29 is 32.9 Å². The number of nitrogens with zero attached hydrogens (tertiary/aromatic N) is 1. The van der Waals surface area contributed by atoms with E-state index in [-0.39, 0.29) is 19.1 Å². The molecule has 0 fully saturated rings. The number of rotatable bonds is 59. The molecule has 0 aromatic heterocycles. The predicted octanol–water partition coefficient (Wildman–Crippen LogP) is 19.9. The number of allylic oxidation sites excluding steroid dienone is 7. The van der Waals surface area contributed by atoms with Gasteiger partial charge in [0.25, 0.3) is 0 Å². The van der Waals surface area contributed by atoms with Gasteiger partial charge in [-0.15, -0.1) is 0 Å². The van der Waals surface area contributed by atoms with Crippen LogP contribution in [-0.4, -0.2) is 73.4 Å². The van der Waals surface area contributed by atoms with Crippen molar-refractivity contribution in [1.82, 2.24) is 5.32 Å². The van der Waals surface area contributed by atoms with Gasteiger partial charge in [0.2, 0.25) is 5.91 Å². The summed E-state index contributed by atoms with van der Waals surface area (Å²) in [5, 5.41) is 13.9. The molecular formula is C65H126N2O6P+. The first-order valence-electron chi connectivity index (χ1n) is 32.0. The van der Waals surface area contributed by atoms with E-state index in [1.165, 1.54) is 244 Å². The van der Waals surface area contributed by atoms with Gasteiger partial charge in [0, 0.05) is 6.42 Å². The molecule has 0 heterocycles. The van der Waals surface area contributed by atoms with Crippen molar-refractivity contribution in [3.8, 4) is 0 Å². The van der Waals surface area contributed by atoms with Crippen molar-refractivity contribution in [3.63, 3.8) is 0 Å². The second-order valence-electron chi connectivity index (χ2n) is 23.1. The molecule has 0 aliphatic rings. The van der Waals surface area contributed by atoms with Gasteiger partial charge in [-0.1, -0.05) is 281 Å². The summed E-state index contributed by atoms with van der Waals surface area (Å²) in [7, 11) is 1.55. The van der Waals surface area contributed by atoms with E-state index in [9.17, 15) is 19.4 Å². The third kappa shape index (κ3) is 58.1. The number of nitrogens with one attached hydrogen (secondary N) is 1. The van der Waals surface area contributed by atoms with Crippen LogP contribution in [-0.2, 0) is 18.4 Å². The lowest BCUT2D eigenvalue weighted by molar-refractivity contribution is -0.870. The van der Waals surface area contributed by atoms with Crippen molar-refractivity contribution in [2.75, 3.05) is 40.9 Å². The quantitative estimate of drug-likeness (QED) is 0.0243. The zero-order valence-electron chi connectivity index (χ0n) is 49.8. The molecule has 0 saturated carbocycles. The summed E-state index contributed by atoms with van der Waals surface area (Å²) >= 11 is 0. The van der Waals surface area contributed by atoms with E-state index in [0.29, 0.717) is 17.4 Å². The molecule has 1 amide bonds. The maximum Gasteiger partial charge on any atom is 0.472 e. The van der Waals surface area contributed by atoms with Crippen LogP contribution >= 0.6 is 7.82 Å². The zero-order valence-corrected chi connectivity index (χ0v) is 50.7. The lowest BCUT2D eigenvalue weighted by Gasteiger charge is -2.25. The molecule has 74 heavy (non-hydrogen) atoms. The summed E-state index contributed by atoms with van der Waals surface area (Å²) in [6.07, 6.45) is 75.3. The fourth-order valence-electron chi connectivity index (χ4n) is 9.48. The van der Waals surface area contributed by atoms with Gasteiger partial charge < -0.3 is 19.8 Å². The Morgan fingerprint density at radius 2 is 0.743 bits per heavy atom. The largest absolute Gasteiger partial charge is 0.472 e. The van der Waals surface area contributed by atoms with E-state index in [2.05, 4.69) is 55.6 Å². The Kier molecular flexibility index (Phi) is 55.0. The van der Waals surface area contributed by atoms with Gasteiger partial charge in [-0.3, -0.25) is 13.8 Å². The maximum absolute atomic E-state index is 13.0. The molecule has 0 aliphatic heterocycles. The normalized spacial score (nSPS) is 14.1. The SMILES string of the molecule is CCCCCCCCCCCC/C=C/CC/C=C/CC/C=C/C(O)C(COP(=O)(O)OCC[N+](C)(C)C)NC(=O)CCCCCCCCCCCCCCCCCC/C=C\CCCCCCCCCCCCCC. The van der Waals surface area contributed by atoms with Crippen LogP contribution < -0.4 is 5.32 Å². The van der Waals surface area contributed by atoms with Crippen molar-refractivity contribution in [1.29, 1.82) is 0 Å². The topological polar surface area (TPSA) is 105 Å². The van der Waals surface area contributed by atoms with Crippen LogP contribution in [0, 0.1) is 0 Å². The van der Waals surface area contributed by atoms with Crippen molar-refractivity contribution in [3.05, 3.63) is 48.6 Å². The average molecular weight is 1060 g/mol. The number of carbonyl (C=O) groups is 1. The number of hydrogen-bond donors (Lipinski definition) is 3. The van der Waals surface area contributed by atoms with Crippen molar-refractivity contribution in [2.24, 2.45) is 0 Å². The summed E-state index contributed by atoms with van der Waals surface area (Å²) in [6.45, 7) is 4.82. The third-order valence-electron chi connectivity index (χ3n) is 14.5. The van der Waals surface area contributed by atoms with E-state index in [4.69, 9.17) is 9.05 Å². The van der Waals surface area contributed by atoms with Gasteiger partial charge in [0.1, 0.15) is 13.2 Å². The number of hydrogen-bond acceptors (Lipinski definition) is 5. The Hall–Kier alpha value is -1.54. The molecule has 0 spiro atoms. The molecule has 0 aliphatic carbocycles. The van der Waals surface area contributed by atoms with Crippen LogP contribution in [0.1, 0.15) is 309 Å². The highest BCUT2D eigenvalue weighted by Crippen LogP contribution is 2.43. The zero-order chi connectivity index (χ0) is 54.2. The molecule has 0 aromatic carbocycles. The minimum absolute atomic E-state index is 0.0539. The minimum Gasteiger partial charge on any atom is -0.387 e. The van der Waals surface area contributed by atoms with Crippen LogP contribution in [0.15, 0.2) is 48.6 Å². The first-order chi connectivity index (χ1) is 36.0. The maximum atomic E-state index is 13.0. The number of likely N-dealkylation sites (N-methyl/N-ethyl adjacent to an activating group) is 1. The van der Waals surface area contributed by atoms with Gasteiger partial charge in [-0.2, -0.15) is 0 Å². The van der Waals surface area contributed by atoms with Gasteiger partial charge in [0.05, 0.1) is 39.9 Å². The Morgan fingerprint density at radius 1 is 0.446 bits per heavy atom. The molecule has 0 bridgehead atoms. The fraction of sp³-hybridized carbons (Fsp3) is 0.862. The number of phosphoric ester groups is 1. The Labute approximate surface area is 460 Å². The highest BCUT2D eigenvalue weighted by molar-refractivity contribution is 7.47. The van der Waals surface area contributed by atoms with E-state index < -0.39 is 20.0 Å². The fourth-order valence-corrected chi connectivity index (χ4v) is 10.2. The molecule has 8 nitrogen and oxygen atoms in total. The second-order valence-corrected chi connectivity index (χ2v) is 24.6. The minimum atomic E-state index is -4.36. The second kappa shape index (κ2) is 56.2. The first kappa shape index (κ1) is 72.5. The Balaban J connectivity index is 4.11. The summed E-state index contributed by atoms with van der Waals surface area (Å²) in [6, 6.07) is -0.870. The molecule has 436 valence electrons. The predicted molar refractivity (Wildman–Crippen MR) is 323 cm³/mol. The monoisotopic (exact) mass is 1060 g/mol. The number of unbranched alkanes of at least 4 members (excludes halogenated alkanes) is 40. The Morgan fingerprint density at radius 3 is 1.08 bits per heavy atom. The molecular weight excluding hydrogens is 936 g/mol. The van der Waals surface area contributed by atoms with Gasteiger partial charge in [0.15, 0.2) is 0 Å². The molecule has 3 N–H and O–H groups in total. The molecule has 9 heteroatoms. The van der Waals surface area contributed by atoms with Gasteiger partial charge in [-0.25, -0.2) is 4.57 Å². The summed E-state index contributed by atoms with van der Waals surface area (Å²) in [4.78, 5) is 23.3. The molecule has 0 rings (SSSR count). The number of quaternary nitrogens is 1. The molecule has 0 saturated heterocycles. The average Bonchev–Trinajstić information content (AvgIpc) is 3.36. The van der Waals surface area contributed by atoms with Crippen molar-refractivity contribution in [2.45, 2.75) is 321 Å². The van der Waals surface area contributed by atoms with Crippen LogP contribution in [0.5, 0.6) is 0 Å². The third-order valence-corrected chi connectivity index (χ3v) is 15.5. The van der Waals surface area contributed by atoms with E-state index in [1.807, 2.05) is 27.2 Å². The van der Waals surface area contributed by atoms with Gasteiger partial charge >= 0.3 is 7.82 Å². The number of phosphoric acid groups is 1. The summed E-state index contributed by atoms with van der Waals surface area (Å²) < 4.78 is 23.7. The highest BCUT2D eigenvalue weighted by Gasteiger charge is 2.27. The molecule has 0 aromatic rings. The first-order valence-corrected chi connectivity index (χ1v) is 33.5. The van der Waals surface area contributed by atoms with E-state index in [1.54, 1.807) is 6.08 Å². The van der Waals surface area contributed by atoms with E-state index >= 15 is 0 Å². The number of carbonyl (C=O) groups excluding carboxylic acids is 1. The lowest BCUT2D eigenvalue weighted by atomic mass is 10.0. The summed E-state index contributed by atoms with van der Waals surface area (Å²) in [5.74, 6) is -0.187. The van der Waals surface area contributed by atoms with Crippen LogP contribution in [0.2, 0.25) is 0 Å². The van der Waals surface area contributed by atoms with Crippen LogP contribution in [0.25, 0.3) is 0 Å². The number of aliphatic hydroxyl groups excluding tert-OH is 1. The lowest BCUT2D eigenvalue weighted by Crippen LogP contribution is -2.45. The molecule has 3 atom stereocenters. The standard InChI is InChI=1S/C65H125N2O6P/c1-6-8-10-12-14-16-18-20-22-24-26-28-29-30-31-32-33-34-35-36-37-38-39-41-43-45-47-49-51-53-55-57-59-65(69)66-63(62-73-74(70,71)72-61-60-67(3,4)5)64(68)58-56-54-52-50-48-46-44-42-40-27-25-23-21-19-17-15-13-11-9-7-2/h30-31,40,42,48,50,56,58,63-64,68H,6-29,32-39,41,43-47,49,51-55,57,59-62H2,1-5H3,(H-,66,69,70,71)/p+1/b31-30-,42-40+,50-48+,58-56+. The smallest absolute Gasteiger partial charge is 0.387 e. The number of aliphatic hydroxyl groups is 1. The van der Waals surface area contributed by atoms with E-state index in [0.717, 1.165) is 44.9 Å². The van der Waals surface area contributed by atoms with Gasteiger partial charge in [-0.05, 0) is 70.6 Å². The van der Waals surface area contributed by atoms with Crippen molar-refractivity contribution >= 4 is 13.7 Å². The summed E-state index contributed by atoms with van der Waals surface area (Å²) in [5.41, 5.74) is 0. The highest BCUT2D eigenvalue weighted by atomic mass is 31.2. The Bertz CT molecular complexity index is 1340. The van der Waals surface area contributed by atoms with Crippen LogP contribution in [0.3, 0.4) is 0 Å².